The molecule has 1 heterocycles. The summed E-state index contributed by atoms with van der Waals surface area (Å²) >= 11 is 6.66. The maximum atomic E-state index is 12.6. The number of thioether (sulfide) groups is 1. The molecule has 0 aromatic heterocycles. The zero-order chi connectivity index (χ0) is 19.8. The molecule has 27 heavy (non-hydrogen) atoms. The van der Waals surface area contributed by atoms with Crippen LogP contribution in [0.3, 0.4) is 0 Å². The molecule has 0 aliphatic carbocycles. The van der Waals surface area contributed by atoms with Crippen LogP contribution in [-0.4, -0.2) is 64.5 Å². The van der Waals surface area contributed by atoms with Gasteiger partial charge >= 0.3 is 0 Å². The molecule has 6 nitrogen and oxygen atoms in total. The van der Waals surface area contributed by atoms with E-state index >= 15 is 0 Å². The van der Waals surface area contributed by atoms with E-state index in [0.29, 0.717) is 22.3 Å². The van der Waals surface area contributed by atoms with Gasteiger partial charge in [0.05, 0.1) is 18.0 Å². The summed E-state index contributed by atoms with van der Waals surface area (Å²) in [6.07, 6.45) is 0.961. The van der Waals surface area contributed by atoms with E-state index in [1.807, 2.05) is 12.1 Å². The third-order valence-electron chi connectivity index (χ3n) is 4.51. The lowest BCUT2D eigenvalue weighted by Crippen LogP contribution is -2.35. The Bertz CT molecular complexity index is 680. The SMILES string of the molecule is CCN(CC)CCCN1C(=O)C(CC(=O)Nc2ccccc2OC)SC1=S. The second-order valence-corrected chi connectivity index (χ2v) is 8.03. The molecule has 148 valence electrons. The number of carbonyl (C=O) groups is 2. The zero-order valence-corrected chi connectivity index (χ0v) is 17.7. The average molecular weight is 410 g/mol. The van der Waals surface area contributed by atoms with Gasteiger partial charge in [-0.1, -0.05) is 50.0 Å². The van der Waals surface area contributed by atoms with Gasteiger partial charge < -0.3 is 15.0 Å². The monoisotopic (exact) mass is 409 g/mol. The normalized spacial score (nSPS) is 16.9. The second kappa shape index (κ2) is 10.6. The Morgan fingerprint density at radius 1 is 1.33 bits per heavy atom. The van der Waals surface area contributed by atoms with Gasteiger partial charge in [-0.3, -0.25) is 14.5 Å². The topological polar surface area (TPSA) is 61.9 Å². The first-order chi connectivity index (χ1) is 13.0. The molecule has 0 spiro atoms. The number of ether oxygens (including phenoxy) is 1. The molecule has 1 saturated heterocycles. The first kappa shape index (κ1) is 21.7. The number of rotatable bonds is 10. The molecular weight excluding hydrogens is 382 g/mol. The number of hydrogen-bond donors (Lipinski definition) is 1. The number of thiocarbonyl (C=S) groups is 1. The minimum absolute atomic E-state index is 0.0697. The molecule has 1 fully saturated rings. The van der Waals surface area contributed by atoms with Crippen LogP contribution in [0.15, 0.2) is 24.3 Å². The summed E-state index contributed by atoms with van der Waals surface area (Å²) < 4.78 is 5.80. The van der Waals surface area contributed by atoms with Crippen molar-refractivity contribution in [3.8, 4) is 5.75 Å². The first-order valence-corrected chi connectivity index (χ1v) is 10.5. The lowest BCUT2D eigenvalue weighted by molar-refractivity contribution is -0.128. The van der Waals surface area contributed by atoms with Gasteiger partial charge in [0.2, 0.25) is 11.8 Å². The van der Waals surface area contributed by atoms with E-state index in [0.717, 1.165) is 26.1 Å². The summed E-state index contributed by atoms with van der Waals surface area (Å²) in [7, 11) is 1.55. The molecule has 1 unspecified atom stereocenters. The number of nitrogens with zero attached hydrogens (tertiary/aromatic N) is 2. The predicted molar refractivity (Wildman–Crippen MR) is 114 cm³/mol. The Morgan fingerprint density at radius 2 is 2.04 bits per heavy atom. The Labute approximate surface area is 170 Å². The van der Waals surface area contributed by atoms with E-state index in [1.54, 1.807) is 24.1 Å². The Balaban J connectivity index is 1.87. The Morgan fingerprint density at radius 3 is 2.70 bits per heavy atom. The number of para-hydroxylation sites is 2. The predicted octanol–water partition coefficient (Wildman–Crippen LogP) is 2.98. The quantitative estimate of drug-likeness (QED) is 0.600. The van der Waals surface area contributed by atoms with E-state index in [1.165, 1.54) is 11.8 Å². The first-order valence-electron chi connectivity index (χ1n) is 9.17. The van der Waals surface area contributed by atoms with Crippen molar-refractivity contribution < 1.29 is 14.3 Å². The molecule has 1 aromatic rings. The smallest absolute Gasteiger partial charge is 0.242 e. The van der Waals surface area contributed by atoms with E-state index < -0.39 is 5.25 Å². The van der Waals surface area contributed by atoms with Gasteiger partial charge in [0, 0.05) is 13.0 Å². The van der Waals surface area contributed by atoms with Crippen molar-refractivity contribution in [2.75, 3.05) is 38.6 Å². The van der Waals surface area contributed by atoms with Gasteiger partial charge in [0.15, 0.2) is 0 Å². The number of methoxy groups -OCH3 is 1. The molecule has 0 saturated carbocycles. The number of carbonyl (C=O) groups excluding carboxylic acids is 2. The number of anilines is 1. The molecule has 8 heteroatoms. The fraction of sp³-hybridized carbons (Fsp3) is 0.526. The summed E-state index contributed by atoms with van der Waals surface area (Å²) in [5.74, 6) is 0.294. The van der Waals surface area contributed by atoms with Gasteiger partial charge in [-0.05, 0) is 38.2 Å². The summed E-state index contributed by atoms with van der Waals surface area (Å²) in [6, 6.07) is 7.20. The highest BCUT2D eigenvalue weighted by Gasteiger charge is 2.37. The van der Waals surface area contributed by atoms with Gasteiger partial charge in [-0.15, -0.1) is 0 Å². The van der Waals surface area contributed by atoms with Crippen LogP contribution >= 0.6 is 24.0 Å². The fourth-order valence-corrected chi connectivity index (χ4v) is 4.48. The molecule has 1 aromatic carbocycles. The second-order valence-electron chi connectivity index (χ2n) is 6.20. The lowest BCUT2D eigenvalue weighted by Gasteiger charge is -2.20. The van der Waals surface area contributed by atoms with Crippen molar-refractivity contribution in [2.24, 2.45) is 0 Å². The molecule has 2 amide bonds. The minimum atomic E-state index is -0.458. The minimum Gasteiger partial charge on any atom is -0.495 e. The van der Waals surface area contributed by atoms with Gasteiger partial charge in [0.1, 0.15) is 10.1 Å². The van der Waals surface area contributed by atoms with Crippen LogP contribution in [0.1, 0.15) is 26.7 Å². The number of nitrogens with one attached hydrogen (secondary N) is 1. The highest BCUT2D eigenvalue weighted by Crippen LogP contribution is 2.30. The average Bonchev–Trinajstić information content (AvgIpc) is 2.92. The van der Waals surface area contributed by atoms with Gasteiger partial charge in [0.25, 0.3) is 0 Å². The van der Waals surface area contributed by atoms with Gasteiger partial charge in [-0.2, -0.15) is 0 Å². The summed E-state index contributed by atoms with van der Waals surface area (Å²) in [5.41, 5.74) is 0.596. The van der Waals surface area contributed by atoms with E-state index in [4.69, 9.17) is 17.0 Å². The van der Waals surface area contributed by atoms with Crippen LogP contribution < -0.4 is 10.1 Å². The van der Waals surface area contributed by atoms with Crippen LogP contribution in [0.5, 0.6) is 5.75 Å². The highest BCUT2D eigenvalue weighted by molar-refractivity contribution is 8.24. The van der Waals surface area contributed by atoms with Crippen LogP contribution in [-0.2, 0) is 9.59 Å². The Kier molecular flexibility index (Phi) is 8.53. The van der Waals surface area contributed by atoms with Crippen molar-refractivity contribution in [1.82, 2.24) is 9.80 Å². The van der Waals surface area contributed by atoms with Crippen molar-refractivity contribution in [3.05, 3.63) is 24.3 Å². The molecule has 1 atom stereocenters. The Hall–Kier alpha value is -1.64. The number of benzene rings is 1. The fourth-order valence-electron chi connectivity index (χ4n) is 2.94. The van der Waals surface area contributed by atoms with Crippen molar-refractivity contribution in [1.29, 1.82) is 0 Å². The van der Waals surface area contributed by atoms with Crippen molar-refractivity contribution in [3.63, 3.8) is 0 Å². The molecule has 1 N–H and O–H groups in total. The number of hydrogen-bond acceptors (Lipinski definition) is 6. The van der Waals surface area contributed by atoms with Crippen LogP contribution in [0.25, 0.3) is 0 Å². The molecular formula is C19H27N3O3S2. The maximum Gasteiger partial charge on any atom is 0.242 e. The van der Waals surface area contributed by atoms with E-state index in [2.05, 4.69) is 24.1 Å². The third-order valence-corrected chi connectivity index (χ3v) is 6.09. The highest BCUT2D eigenvalue weighted by atomic mass is 32.2. The zero-order valence-electron chi connectivity index (χ0n) is 16.1. The van der Waals surface area contributed by atoms with Crippen LogP contribution in [0.4, 0.5) is 5.69 Å². The lowest BCUT2D eigenvalue weighted by atomic mass is 10.2. The largest absolute Gasteiger partial charge is 0.495 e. The molecule has 0 radical (unpaired) electrons. The molecule has 1 aliphatic heterocycles. The van der Waals surface area contributed by atoms with E-state index in [-0.39, 0.29) is 18.2 Å². The third kappa shape index (κ3) is 5.92. The van der Waals surface area contributed by atoms with Crippen LogP contribution in [0, 0.1) is 0 Å². The molecule has 2 rings (SSSR count). The standard InChI is InChI=1S/C19H27N3O3S2/c1-4-21(5-2)11-8-12-22-18(24)16(27-19(22)26)13-17(23)20-14-9-6-7-10-15(14)25-3/h6-7,9-10,16H,4-5,8,11-13H2,1-3H3,(H,20,23). The summed E-state index contributed by atoms with van der Waals surface area (Å²) in [6.45, 7) is 7.78. The summed E-state index contributed by atoms with van der Waals surface area (Å²) in [4.78, 5) is 29.0. The van der Waals surface area contributed by atoms with Crippen LogP contribution in [0.2, 0.25) is 0 Å². The molecule has 1 aliphatic rings. The van der Waals surface area contributed by atoms with Crippen molar-refractivity contribution in [2.45, 2.75) is 31.9 Å². The summed E-state index contributed by atoms with van der Waals surface area (Å²) in [5, 5.41) is 2.36. The van der Waals surface area contributed by atoms with Gasteiger partial charge in [-0.25, -0.2) is 0 Å². The molecule has 0 bridgehead atoms. The number of amides is 2. The maximum absolute atomic E-state index is 12.6. The van der Waals surface area contributed by atoms with E-state index in [9.17, 15) is 9.59 Å². The van der Waals surface area contributed by atoms with Crippen molar-refractivity contribution >= 4 is 45.8 Å².